The topological polar surface area (TPSA) is 58.8 Å². The SMILES string of the molecule is CN1CCN(C(=O)CCc2cc(Cl)no2)CC12CCOCC2. The van der Waals surface area contributed by atoms with Gasteiger partial charge in [-0.15, -0.1) is 0 Å². The van der Waals surface area contributed by atoms with Gasteiger partial charge in [0.15, 0.2) is 5.15 Å². The van der Waals surface area contributed by atoms with Gasteiger partial charge in [0.05, 0.1) is 0 Å². The summed E-state index contributed by atoms with van der Waals surface area (Å²) < 4.78 is 10.5. The Labute approximate surface area is 135 Å². The first kappa shape index (κ1) is 15.8. The van der Waals surface area contributed by atoms with E-state index in [4.69, 9.17) is 20.9 Å². The van der Waals surface area contributed by atoms with Crippen LogP contribution in [0.25, 0.3) is 0 Å². The Bertz CT molecular complexity index is 528. The van der Waals surface area contributed by atoms with E-state index < -0.39 is 0 Å². The standard InChI is InChI=1S/C15H22ClN3O3/c1-18-6-7-19(11-15(18)4-8-21-9-5-15)14(20)3-2-12-10-13(16)17-22-12/h10H,2-9,11H2,1H3. The van der Waals surface area contributed by atoms with E-state index in [-0.39, 0.29) is 11.4 Å². The summed E-state index contributed by atoms with van der Waals surface area (Å²) in [4.78, 5) is 16.9. The molecule has 2 saturated heterocycles. The highest BCUT2D eigenvalue weighted by atomic mass is 35.5. The molecule has 0 radical (unpaired) electrons. The number of piperazine rings is 1. The Morgan fingerprint density at radius 3 is 2.86 bits per heavy atom. The third kappa shape index (κ3) is 3.29. The molecule has 3 rings (SSSR count). The van der Waals surface area contributed by atoms with Crippen molar-refractivity contribution in [2.24, 2.45) is 0 Å². The van der Waals surface area contributed by atoms with Crippen LogP contribution in [0.4, 0.5) is 0 Å². The average molecular weight is 328 g/mol. The molecule has 122 valence electrons. The normalized spacial score (nSPS) is 22.2. The molecule has 7 heteroatoms. The third-order valence-electron chi connectivity index (χ3n) is 4.89. The molecule has 0 aromatic carbocycles. The number of halogens is 1. The van der Waals surface area contributed by atoms with Crippen molar-refractivity contribution in [3.05, 3.63) is 17.0 Å². The maximum atomic E-state index is 12.5. The fourth-order valence-electron chi connectivity index (χ4n) is 3.36. The number of aryl methyl sites for hydroxylation is 1. The molecular formula is C15H22ClN3O3. The van der Waals surface area contributed by atoms with Gasteiger partial charge in [0.1, 0.15) is 5.76 Å². The third-order valence-corrected chi connectivity index (χ3v) is 5.07. The van der Waals surface area contributed by atoms with Gasteiger partial charge >= 0.3 is 0 Å². The van der Waals surface area contributed by atoms with Gasteiger partial charge in [-0.1, -0.05) is 16.8 Å². The number of hydrogen-bond acceptors (Lipinski definition) is 5. The van der Waals surface area contributed by atoms with Crippen LogP contribution in [0.15, 0.2) is 10.6 Å². The van der Waals surface area contributed by atoms with Crippen molar-refractivity contribution < 1.29 is 14.1 Å². The predicted molar refractivity (Wildman–Crippen MR) is 81.8 cm³/mol. The van der Waals surface area contributed by atoms with E-state index in [0.29, 0.717) is 23.8 Å². The van der Waals surface area contributed by atoms with Crippen molar-refractivity contribution in [1.29, 1.82) is 0 Å². The lowest BCUT2D eigenvalue weighted by Gasteiger charge is -2.51. The van der Waals surface area contributed by atoms with Gasteiger partial charge in [-0.3, -0.25) is 9.69 Å². The number of carbonyl (C=O) groups is 1. The Balaban J connectivity index is 1.58. The van der Waals surface area contributed by atoms with Crippen molar-refractivity contribution in [2.45, 2.75) is 31.2 Å². The number of likely N-dealkylation sites (N-methyl/N-ethyl adjacent to an activating group) is 1. The minimum absolute atomic E-state index is 0.0850. The number of ether oxygens (including phenoxy) is 1. The van der Waals surface area contributed by atoms with Crippen molar-refractivity contribution in [3.8, 4) is 0 Å². The molecule has 0 N–H and O–H groups in total. The van der Waals surface area contributed by atoms with Gasteiger partial charge in [0.25, 0.3) is 0 Å². The molecule has 2 aliphatic rings. The van der Waals surface area contributed by atoms with E-state index in [2.05, 4.69) is 17.1 Å². The summed E-state index contributed by atoms with van der Waals surface area (Å²) in [5.41, 5.74) is 0.0850. The molecule has 1 amide bonds. The molecular weight excluding hydrogens is 306 g/mol. The maximum Gasteiger partial charge on any atom is 0.223 e. The molecule has 0 saturated carbocycles. The quantitative estimate of drug-likeness (QED) is 0.843. The number of carbonyl (C=O) groups excluding carboxylic acids is 1. The van der Waals surface area contributed by atoms with Gasteiger partial charge in [-0.25, -0.2) is 0 Å². The van der Waals surface area contributed by atoms with Crippen LogP contribution in [0.5, 0.6) is 0 Å². The first-order chi connectivity index (χ1) is 10.6. The van der Waals surface area contributed by atoms with Crippen LogP contribution >= 0.6 is 11.6 Å². The maximum absolute atomic E-state index is 12.5. The minimum Gasteiger partial charge on any atom is -0.381 e. The Hall–Kier alpha value is -1.11. The van der Waals surface area contributed by atoms with Gasteiger partial charge in [-0.05, 0) is 19.9 Å². The smallest absolute Gasteiger partial charge is 0.223 e. The highest BCUT2D eigenvalue weighted by molar-refractivity contribution is 6.29. The van der Waals surface area contributed by atoms with Crippen LogP contribution in [0.3, 0.4) is 0 Å². The first-order valence-electron chi connectivity index (χ1n) is 7.77. The van der Waals surface area contributed by atoms with Crippen LogP contribution < -0.4 is 0 Å². The van der Waals surface area contributed by atoms with Gasteiger partial charge in [0.2, 0.25) is 5.91 Å². The molecule has 2 aliphatic heterocycles. The Kier molecular flexibility index (Phi) is 4.70. The molecule has 0 aliphatic carbocycles. The number of hydrogen-bond donors (Lipinski definition) is 0. The molecule has 1 spiro atoms. The van der Waals surface area contributed by atoms with Gasteiger partial charge in [-0.2, -0.15) is 0 Å². The number of rotatable bonds is 3. The zero-order valence-electron chi connectivity index (χ0n) is 12.9. The largest absolute Gasteiger partial charge is 0.381 e. The summed E-state index contributed by atoms with van der Waals surface area (Å²) in [5, 5.41) is 3.97. The van der Waals surface area contributed by atoms with Crippen LogP contribution in [0.1, 0.15) is 25.0 Å². The summed E-state index contributed by atoms with van der Waals surface area (Å²) in [5.74, 6) is 0.833. The Morgan fingerprint density at radius 1 is 1.41 bits per heavy atom. The predicted octanol–water partition coefficient (Wildman–Crippen LogP) is 1.58. The molecule has 3 heterocycles. The van der Waals surface area contributed by atoms with Crippen molar-refractivity contribution in [2.75, 3.05) is 39.9 Å². The number of aromatic nitrogens is 1. The summed E-state index contributed by atoms with van der Waals surface area (Å²) in [6.07, 6.45) is 2.96. The highest BCUT2D eigenvalue weighted by Gasteiger charge is 2.42. The fraction of sp³-hybridized carbons (Fsp3) is 0.733. The lowest BCUT2D eigenvalue weighted by atomic mass is 9.86. The van der Waals surface area contributed by atoms with Crippen LogP contribution in [0.2, 0.25) is 5.15 Å². The average Bonchev–Trinajstić information content (AvgIpc) is 2.94. The van der Waals surface area contributed by atoms with Crippen molar-refractivity contribution >= 4 is 17.5 Å². The number of nitrogens with zero attached hydrogens (tertiary/aromatic N) is 3. The minimum atomic E-state index is 0.0850. The lowest BCUT2D eigenvalue weighted by molar-refractivity contribution is -0.139. The lowest BCUT2D eigenvalue weighted by Crippen LogP contribution is -2.63. The molecule has 0 atom stereocenters. The van der Waals surface area contributed by atoms with Crippen molar-refractivity contribution in [1.82, 2.24) is 15.0 Å². The molecule has 0 unspecified atom stereocenters. The van der Waals surface area contributed by atoms with Gasteiger partial charge < -0.3 is 14.2 Å². The Morgan fingerprint density at radius 2 is 2.18 bits per heavy atom. The second-order valence-corrected chi connectivity index (χ2v) is 6.58. The van der Waals surface area contributed by atoms with Crippen molar-refractivity contribution in [3.63, 3.8) is 0 Å². The molecule has 6 nitrogen and oxygen atoms in total. The summed E-state index contributed by atoms with van der Waals surface area (Å²) in [6, 6.07) is 1.67. The fourth-order valence-corrected chi connectivity index (χ4v) is 3.52. The van der Waals surface area contributed by atoms with E-state index >= 15 is 0 Å². The second-order valence-electron chi connectivity index (χ2n) is 6.19. The second kappa shape index (κ2) is 6.56. The van der Waals surface area contributed by atoms with Crippen LogP contribution in [0, 0.1) is 0 Å². The van der Waals surface area contributed by atoms with E-state index in [1.54, 1.807) is 6.07 Å². The summed E-state index contributed by atoms with van der Waals surface area (Å²) >= 11 is 5.72. The zero-order chi connectivity index (χ0) is 15.6. The monoisotopic (exact) mass is 327 g/mol. The summed E-state index contributed by atoms with van der Waals surface area (Å²) in [7, 11) is 2.16. The highest BCUT2D eigenvalue weighted by Crippen LogP contribution is 2.31. The van der Waals surface area contributed by atoms with E-state index in [1.165, 1.54) is 0 Å². The van der Waals surface area contributed by atoms with E-state index in [1.807, 2.05) is 4.90 Å². The van der Waals surface area contributed by atoms with Crippen LogP contribution in [-0.4, -0.2) is 66.3 Å². The molecule has 0 bridgehead atoms. The van der Waals surface area contributed by atoms with E-state index in [0.717, 1.165) is 45.7 Å². The summed E-state index contributed by atoms with van der Waals surface area (Å²) in [6.45, 7) is 4.06. The molecule has 1 aromatic rings. The molecule has 2 fully saturated rings. The number of amides is 1. The zero-order valence-corrected chi connectivity index (χ0v) is 13.6. The molecule has 1 aromatic heterocycles. The van der Waals surface area contributed by atoms with Crippen LogP contribution in [-0.2, 0) is 16.0 Å². The van der Waals surface area contributed by atoms with E-state index in [9.17, 15) is 4.79 Å². The van der Waals surface area contributed by atoms with Gasteiger partial charge in [0, 0.05) is 57.3 Å². The molecule has 22 heavy (non-hydrogen) atoms. The first-order valence-corrected chi connectivity index (χ1v) is 8.15.